The Morgan fingerprint density at radius 2 is 1.96 bits per heavy atom. The molecule has 1 aliphatic heterocycles. The van der Waals surface area contributed by atoms with Gasteiger partial charge >= 0.3 is 0 Å². The maximum atomic E-state index is 12.5. The second kappa shape index (κ2) is 5.78. The Labute approximate surface area is 136 Å². The smallest absolute Gasteiger partial charge is 0.228 e. The highest BCUT2D eigenvalue weighted by molar-refractivity contribution is 5.95. The van der Waals surface area contributed by atoms with Gasteiger partial charge in [0.2, 0.25) is 5.91 Å². The van der Waals surface area contributed by atoms with Gasteiger partial charge < -0.3 is 10.6 Å². The molecule has 1 amide bonds. The molecule has 2 aliphatic rings. The summed E-state index contributed by atoms with van der Waals surface area (Å²) in [6.45, 7) is 2.08. The second-order valence-corrected chi connectivity index (χ2v) is 6.65. The molecule has 1 aliphatic carbocycles. The van der Waals surface area contributed by atoms with Crippen molar-refractivity contribution in [2.45, 2.75) is 19.3 Å². The molecule has 1 unspecified atom stereocenters. The summed E-state index contributed by atoms with van der Waals surface area (Å²) in [5.41, 5.74) is 3.05. The third-order valence-electron chi connectivity index (χ3n) is 5.20. The van der Waals surface area contributed by atoms with Crippen molar-refractivity contribution in [3.05, 3.63) is 48.7 Å². The fourth-order valence-corrected chi connectivity index (χ4v) is 3.70. The topological polar surface area (TPSA) is 54.0 Å². The third kappa shape index (κ3) is 2.86. The van der Waals surface area contributed by atoms with Crippen LogP contribution in [0.3, 0.4) is 0 Å². The van der Waals surface area contributed by atoms with Crippen LogP contribution in [0.2, 0.25) is 0 Å². The Morgan fingerprint density at radius 1 is 1.17 bits per heavy atom. The minimum Gasteiger partial charge on any atom is -0.326 e. The molecule has 0 bridgehead atoms. The van der Waals surface area contributed by atoms with Crippen molar-refractivity contribution < 1.29 is 4.79 Å². The number of nitrogens with zero attached hydrogens (tertiary/aromatic N) is 1. The van der Waals surface area contributed by atoms with Crippen molar-refractivity contribution in [1.82, 2.24) is 10.3 Å². The van der Waals surface area contributed by atoms with Gasteiger partial charge in [0.15, 0.2) is 0 Å². The van der Waals surface area contributed by atoms with Crippen LogP contribution in [-0.4, -0.2) is 24.0 Å². The van der Waals surface area contributed by atoms with Crippen LogP contribution in [0.15, 0.2) is 48.7 Å². The van der Waals surface area contributed by atoms with E-state index in [0.29, 0.717) is 0 Å². The van der Waals surface area contributed by atoms with E-state index >= 15 is 0 Å². The van der Waals surface area contributed by atoms with Gasteiger partial charge in [-0.3, -0.25) is 9.78 Å². The van der Waals surface area contributed by atoms with Gasteiger partial charge in [-0.15, -0.1) is 0 Å². The lowest BCUT2D eigenvalue weighted by molar-refractivity contribution is -0.118. The number of nitrogens with one attached hydrogen (secondary N) is 2. The molecule has 0 radical (unpaired) electrons. The number of carbonyl (C=O) groups is 1. The summed E-state index contributed by atoms with van der Waals surface area (Å²) >= 11 is 0. The zero-order chi connectivity index (χ0) is 15.7. The van der Waals surface area contributed by atoms with E-state index < -0.39 is 0 Å². The average molecular weight is 307 g/mol. The third-order valence-corrected chi connectivity index (χ3v) is 5.20. The van der Waals surface area contributed by atoms with Gasteiger partial charge in [-0.2, -0.15) is 0 Å². The zero-order valence-electron chi connectivity index (χ0n) is 13.1. The standard InChI is InChI=1S/C19H21N3O/c23-18(16-13-19(16)7-10-20-11-8-19)22-15-6-9-21-17(12-15)14-4-2-1-3-5-14/h1-6,9,12,16,20H,7-8,10-11,13H2,(H,21,22,23). The summed E-state index contributed by atoms with van der Waals surface area (Å²) in [7, 11) is 0. The highest BCUT2D eigenvalue weighted by atomic mass is 16.2. The predicted octanol–water partition coefficient (Wildman–Crippen LogP) is 3.08. The van der Waals surface area contributed by atoms with Crippen molar-refractivity contribution in [2.75, 3.05) is 18.4 Å². The number of amides is 1. The Balaban J connectivity index is 1.46. The van der Waals surface area contributed by atoms with Crippen LogP contribution in [0.5, 0.6) is 0 Å². The van der Waals surface area contributed by atoms with E-state index in [4.69, 9.17) is 0 Å². The number of aromatic nitrogens is 1. The second-order valence-electron chi connectivity index (χ2n) is 6.65. The average Bonchev–Trinajstić information content (AvgIpc) is 3.30. The lowest BCUT2D eigenvalue weighted by atomic mass is 9.92. The van der Waals surface area contributed by atoms with Crippen LogP contribution in [0.25, 0.3) is 11.3 Å². The fourth-order valence-electron chi connectivity index (χ4n) is 3.70. The van der Waals surface area contributed by atoms with E-state index in [1.54, 1.807) is 6.20 Å². The lowest BCUT2D eigenvalue weighted by Gasteiger charge is -2.23. The van der Waals surface area contributed by atoms with Gasteiger partial charge in [0.1, 0.15) is 0 Å². The maximum Gasteiger partial charge on any atom is 0.228 e. The summed E-state index contributed by atoms with van der Waals surface area (Å²) in [5, 5.41) is 6.46. The number of anilines is 1. The van der Waals surface area contributed by atoms with Crippen LogP contribution < -0.4 is 10.6 Å². The molecule has 1 aromatic heterocycles. The van der Waals surface area contributed by atoms with E-state index in [9.17, 15) is 4.79 Å². The summed E-state index contributed by atoms with van der Waals surface area (Å²) in [6.07, 6.45) is 5.04. The molecule has 23 heavy (non-hydrogen) atoms. The number of rotatable bonds is 3. The number of benzene rings is 1. The molecule has 2 N–H and O–H groups in total. The molecule has 1 aromatic carbocycles. The number of hydrogen-bond donors (Lipinski definition) is 2. The Hall–Kier alpha value is -2.20. The number of carbonyl (C=O) groups excluding carboxylic acids is 1. The molecule has 2 heterocycles. The van der Waals surface area contributed by atoms with Crippen LogP contribution >= 0.6 is 0 Å². The van der Waals surface area contributed by atoms with Gasteiger partial charge in [0, 0.05) is 23.4 Å². The lowest BCUT2D eigenvalue weighted by Crippen LogP contribution is -2.31. The highest BCUT2D eigenvalue weighted by Gasteiger charge is 2.57. The summed E-state index contributed by atoms with van der Waals surface area (Å²) < 4.78 is 0. The molecule has 2 aromatic rings. The molecule has 4 nitrogen and oxygen atoms in total. The molecular formula is C19H21N3O. The molecule has 1 atom stereocenters. The molecule has 1 saturated carbocycles. The number of piperidine rings is 1. The van der Waals surface area contributed by atoms with Gasteiger partial charge in [-0.25, -0.2) is 0 Å². The van der Waals surface area contributed by atoms with Gasteiger partial charge in [0.05, 0.1) is 5.69 Å². The first kappa shape index (κ1) is 14.4. The minimum atomic E-state index is 0.164. The Kier molecular flexibility index (Phi) is 3.62. The molecule has 2 fully saturated rings. The SMILES string of the molecule is O=C(Nc1ccnc(-c2ccccc2)c1)C1CC12CCNCC2. The van der Waals surface area contributed by atoms with Crippen LogP contribution in [-0.2, 0) is 4.79 Å². The first-order valence-electron chi connectivity index (χ1n) is 8.30. The summed E-state index contributed by atoms with van der Waals surface area (Å²) in [6, 6.07) is 13.8. The van der Waals surface area contributed by atoms with E-state index in [1.165, 1.54) is 0 Å². The molecule has 118 valence electrons. The van der Waals surface area contributed by atoms with E-state index in [-0.39, 0.29) is 17.2 Å². The monoisotopic (exact) mass is 307 g/mol. The molecule has 1 spiro atoms. The molecule has 1 saturated heterocycles. The van der Waals surface area contributed by atoms with Gasteiger partial charge in [-0.1, -0.05) is 30.3 Å². The van der Waals surface area contributed by atoms with E-state index in [2.05, 4.69) is 15.6 Å². The van der Waals surface area contributed by atoms with Gasteiger partial charge in [0.25, 0.3) is 0 Å². The van der Waals surface area contributed by atoms with Crippen molar-refractivity contribution >= 4 is 11.6 Å². The molecule has 4 rings (SSSR count). The van der Waals surface area contributed by atoms with Crippen LogP contribution in [0.4, 0.5) is 5.69 Å². The first-order valence-corrected chi connectivity index (χ1v) is 8.30. The quantitative estimate of drug-likeness (QED) is 0.916. The number of pyridine rings is 1. The Morgan fingerprint density at radius 3 is 2.74 bits per heavy atom. The van der Waals surface area contributed by atoms with Crippen molar-refractivity contribution in [3.63, 3.8) is 0 Å². The van der Waals surface area contributed by atoms with Crippen molar-refractivity contribution in [1.29, 1.82) is 0 Å². The minimum absolute atomic E-state index is 0.164. The first-order chi connectivity index (χ1) is 11.3. The summed E-state index contributed by atoms with van der Waals surface area (Å²) in [4.78, 5) is 16.9. The largest absolute Gasteiger partial charge is 0.326 e. The zero-order valence-corrected chi connectivity index (χ0v) is 13.1. The van der Waals surface area contributed by atoms with E-state index in [0.717, 1.165) is 49.3 Å². The van der Waals surface area contributed by atoms with Gasteiger partial charge in [-0.05, 0) is 49.9 Å². The van der Waals surface area contributed by atoms with Crippen LogP contribution in [0.1, 0.15) is 19.3 Å². The maximum absolute atomic E-state index is 12.5. The molecular weight excluding hydrogens is 286 g/mol. The highest BCUT2D eigenvalue weighted by Crippen LogP contribution is 2.58. The number of hydrogen-bond acceptors (Lipinski definition) is 3. The van der Waals surface area contributed by atoms with Crippen LogP contribution in [0, 0.1) is 11.3 Å². The van der Waals surface area contributed by atoms with Crippen molar-refractivity contribution in [2.24, 2.45) is 11.3 Å². The normalized spacial score (nSPS) is 21.8. The summed E-state index contributed by atoms with van der Waals surface area (Å²) in [5.74, 6) is 0.343. The Bertz CT molecular complexity index is 708. The van der Waals surface area contributed by atoms with E-state index in [1.807, 2.05) is 42.5 Å². The van der Waals surface area contributed by atoms with Crippen molar-refractivity contribution in [3.8, 4) is 11.3 Å². The fraction of sp³-hybridized carbons (Fsp3) is 0.368. The predicted molar refractivity (Wildman–Crippen MR) is 90.9 cm³/mol. The molecule has 4 heteroatoms.